The maximum absolute atomic E-state index is 12.3. The summed E-state index contributed by atoms with van der Waals surface area (Å²) < 4.78 is 1.90. The zero-order chi connectivity index (χ0) is 12.8. The van der Waals surface area contributed by atoms with Crippen molar-refractivity contribution in [2.24, 2.45) is 5.92 Å². The predicted octanol–water partition coefficient (Wildman–Crippen LogP) is 0.814. The van der Waals surface area contributed by atoms with Crippen LogP contribution >= 0.6 is 0 Å². The molecule has 19 heavy (non-hydrogen) atoms. The summed E-state index contributed by atoms with van der Waals surface area (Å²) in [5, 5.41) is 6.61. The van der Waals surface area contributed by atoms with Gasteiger partial charge in [-0.1, -0.05) is 0 Å². The van der Waals surface area contributed by atoms with Crippen molar-refractivity contribution in [2.75, 3.05) is 6.54 Å². The Hall–Kier alpha value is -1.88. The zero-order valence-electron chi connectivity index (χ0n) is 10.5. The second kappa shape index (κ2) is 4.06. The molecule has 1 saturated heterocycles. The van der Waals surface area contributed by atoms with E-state index < -0.39 is 0 Å². The maximum Gasteiger partial charge on any atom is 0.251 e. The van der Waals surface area contributed by atoms with Gasteiger partial charge in [0.15, 0.2) is 0 Å². The topological polar surface area (TPSA) is 58.4 Å². The fraction of sp³-hybridized carbons (Fsp3) is 0.429. The van der Waals surface area contributed by atoms with E-state index in [1.807, 2.05) is 22.7 Å². The number of fused-ring (bicyclic) bond motifs is 3. The summed E-state index contributed by atoms with van der Waals surface area (Å²) in [4.78, 5) is 16.3. The third-order valence-corrected chi connectivity index (χ3v) is 4.32. The zero-order valence-corrected chi connectivity index (χ0v) is 10.5. The van der Waals surface area contributed by atoms with E-state index in [0.29, 0.717) is 11.6 Å². The molecule has 5 nitrogen and oxygen atoms in total. The van der Waals surface area contributed by atoms with Crippen molar-refractivity contribution in [3.8, 4) is 0 Å². The van der Waals surface area contributed by atoms with Gasteiger partial charge < -0.3 is 15.0 Å². The lowest BCUT2D eigenvalue weighted by molar-refractivity contribution is 0.0928. The molecule has 2 N–H and O–H groups in total. The van der Waals surface area contributed by atoms with Gasteiger partial charge in [0, 0.05) is 23.8 Å². The molecule has 3 unspecified atom stereocenters. The molecule has 1 aliphatic heterocycles. The lowest BCUT2D eigenvalue weighted by Crippen LogP contribution is -2.47. The Labute approximate surface area is 111 Å². The first-order valence-corrected chi connectivity index (χ1v) is 6.75. The van der Waals surface area contributed by atoms with E-state index in [-0.39, 0.29) is 11.9 Å². The third-order valence-electron chi connectivity index (χ3n) is 4.32. The molecule has 0 radical (unpaired) electrons. The van der Waals surface area contributed by atoms with Crippen LogP contribution in [0.25, 0.3) is 5.52 Å². The molecule has 5 heteroatoms. The molecule has 3 atom stereocenters. The first-order chi connectivity index (χ1) is 9.29. The summed E-state index contributed by atoms with van der Waals surface area (Å²) in [6.45, 7) is 1.11. The third kappa shape index (κ3) is 1.81. The number of hydrogen-bond donors (Lipinski definition) is 2. The molecule has 1 saturated carbocycles. The summed E-state index contributed by atoms with van der Waals surface area (Å²) in [6, 6.07) is 4.47. The van der Waals surface area contributed by atoms with Gasteiger partial charge >= 0.3 is 0 Å². The molecule has 2 aromatic rings. The van der Waals surface area contributed by atoms with E-state index in [4.69, 9.17) is 0 Å². The number of nitrogens with zero attached hydrogens (tertiary/aromatic N) is 2. The highest BCUT2D eigenvalue weighted by atomic mass is 16.1. The van der Waals surface area contributed by atoms with Crippen LogP contribution in [0.15, 0.2) is 30.9 Å². The first kappa shape index (κ1) is 11.0. The average Bonchev–Trinajstić information content (AvgIpc) is 3.13. The molecule has 3 heterocycles. The number of pyridine rings is 1. The second-order valence-corrected chi connectivity index (χ2v) is 5.57. The molecule has 2 aliphatic rings. The van der Waals surface area contributed by atoms with Crippen LogP contribution in [0.4, 0.5) is 0 Å². The number of imidazole rings is 1. The minimum absolute atomic E-state index is 0.0167. The number of aromatic nitrogens is 2. The molecule has 0 spiro atoms. The van der Waals surface area contributed by atoms with Gasteiger partial charge in [-0.25, -0.2) is 4.98 Å². The SMILES string of the molecule is O=C(NC1CC2CNC1C2)c1ccn2cncc2c1. The molecule has 0 aromatic carbocycles. The van der Waals surface area contributed by atoms with Gasteiger partial charge in [0.2, 0.25) is 0 Å². The van der Waals surface area contributed by atoms with Crippen molar-refractivity contribution in [3.05, 3.63) is 36.4 Å². The molecule has 98 valence electrons. The van der Waals surface area contributed by atoms with Crippen molar-refractivity contribution in [3.63, 3.8) is 0 Å². The van der Waals surface area contributed by atoms with E-state index in [9.17, 15) is 4.79 Å². The molecular weight excluding hydrogens is 240 g/mol. The Morgan fingerprint density at radius 2 is 2.42 bits per heavy atom. The molecule has 4 rings (SSSR count). The van der Waals surface area contributed by atoms with Crippen LogP contribution in [0.5, 0.6) is 0 Å². The number of amides is 1. The Balaban J connectivity index is 1.53. The summed E-state index contributed by atoms with van der Waals surface area (Å²) >= 11 is 0. The quantitative estimate of drug-likeness (QED) is 0.836. The van der Waals surface area contributed by atoms with Gasteiger partial charge in [-0.15, -0.1) is 0 Å². The number of piperidine rings is 1. The minimum Gasteiger partial charge on any atom is -0.348 e. The van der Waals surface area contributed by atoms with Gasteiger partial charge in [-0.3, -0.25) is 4.79 Å². The lowest BCUT2D eigenvalue weighted by Gasteiger charge is -2.24. The minimum atomic E-state index is 0.0167. The molecule has 1 amide bonds. The van der Waals surface area contributed by atoms with Crippen LogP contribution < -0.4 is 10.6 Å². The average molecular weight is 256 g/mol. The molecule has 2 bridgehead atoms. The molecule has 2 fully saturated rings. The lowest BCUT2D eigenvalue weighted by atomic mass is 10.1. The Kier molecular flexibility index (Phi) is 2.35. The number of rotatable bonds is 2. The summed E-state index contributed by atoms with van der Waals surface area (Å²) in [7, 11) is 0. The van der Waals surface area contributed by atoms with E-state index in [1.54, 1.807) is 12.5 Å². The fourth-order valence-corrected chi connectivity index (χ4v) is 3.33. The highest BCUT2D eigenvalue weighted by Crippen LogP contribution is 2.31. The number of nitrogens with one attached hydrogen (secondary N) is 2. The number of hydrogen-bond acceptors (Lipinski definition) is 3. The first-order valence-electron chi connectivity index (χ1n) is 6.75. The highest BCUT2D eigenvalue weighted by molar-refractivity contribution is 5.95. The monoisotopic (exact) mass is 256 g/mol. The van der Waals surface area contributed by atoms with Crippen LogP contribution in [0.2, 0.25) is 0 Å². The van der Waals surface area contributed by atoms with Crippen molar-refractivity contribution in [2.45, 2.75) is 24.9 Å². The standard InChI is InChI=1S/C14H16N4O/c19-14(17-13-4-9-3-12(13)16-6-9)10-1-2-18-8-15-7-11(18)5-10/h1-2,5,7-9,12-13,16H,3-4,6H2,(H,17,19). The van der Waals surface area contributed by atoms with Gasteiger partial charge in [0.05, 0.1) is 18.0 Å². The molecule has 2 aromatic heterocycles. The summed E-state index contributed by atoms with van der Waals surface area (Å²) in [6.07, 6.45) is 7.67. The van der Waals surface area contributed by atoms with Crippen molar-refractivity contribution in [1.29, 1.82) is 0 Å². The van der Waals surface area contributed by atoms with Crippen molar-refractivity contribution >= 4 is 11.4 Å². The van der Waals surface area contributed by atoms with Gasteiger partial charge in [-0.2, -0.15) is 0 Å². The van der Waals surface area contributed by atoms with Crippen molar-refractivity contribution in [1.82, 2.24) is 20.0 Å². The summed E-state index contributed by atoms with van der Waals surface area (Å²) in [5.74, 6) is 0.760. The van der Waals surface area contributed by atoms with Gasteiger partial charge in [0.1, 0.15) is 0 Å². The molecular formula is C14H16N4O. The Morgan fingerprint density at radius 3 is 3.21 bits per heavy atom. The Morgan fingerprint density at radius 1 is 1.47 bits per heavy atom. The van der Waals surface area contributed by atoms with Crippen molar-refractivity contribution < 1.29 is 4.79 Å². The van der Waals surface area contributed by atoms with Gasteiger partial charge in [0.25, 0.3) is 5.91 Å². The van der Waals surface area contributed by atoms with Gasteiger partial charge in [-0.05, 0) is 37.4 Å². The van der Waals surface area contributed by atoms with E-state index >= 15 is 0 Å². The molecule has 1 aliphatic carbocycles. The smallest absolute Gasteiger partial charge is 0.251 e. The predicted molar refractivity (Wildman–Crippen MR) is 71.0 cm³/mol. The Bertz CT molecular complexity index is 635. The summed E-state index contributed by atoms with van der Waals surface area (Å²) in [5.41, 5.74) is 1.65. The highest BCUT2D eigenvalue weighted by Gasteiger charge is 2.39. The number of carbonyl (C=O) groups is 1. The van der Waals surface area contributed by atoms with E-state index in [2.05, 4.69) is 15.6 Å². The second-order valence-electron chi connectivity index (χ2n) is 5.57. The normalized spacial score (nSPS) is 28.9. The van der Waals surface area contributed by atoms with Crippen LogP contribution in [-0.2, 0) is 0 Å². The van der Waals surface area contributed by atoms with Crippen LogP contribution in [0.1, 0.15) is 23.2 Å². The maximum atomic E-state index is 12.3. The van der Waals surface area contributed by atoms with Crippen LogP contribution in [0, 0.1) is 5.92 Å². The number of carbonyl (C=O) groups excluding carboxylic acids is 1. The largest absolute Gasteiger partial charge is 0.348 e. The van der Waals surface area contributed by atoms with Crippen LogP contribution in [-0.4, -0.2) is 33.9 Å². The van der Waals surface area contributed by atoms with E-state index in [1.165, 1.54) is 6.42 Å². The fourth-order valence-electron chi connectivity index (χ4n) is 3.33. The van der Waals surface area contributed by atoms with E-state index in [0.717, 1.165) is 24.4 Å². The van der Waals surface area contributed by atoms with Crippen LogP contribution in [0.3, 0.4) is 0 Å².